The molecule has 0 saturated carbocycles. The Hall–Kier alpha value is -0.820. The smallest absolute Gasteiger partial charge is 0.355 e. The number of aromatic nitrogens is 2. The van der Waals surface area contributed by atoms with Crippen LogP contribution in [-0.2, 0) is 0 Å². The Morgan fingerprint density at radius 2 is 2.31 bits per heavy atom. The number of rotatable bonds is 2. The monoisotopic (exact) mass is 264 g/mol. The highest BCUT2D eigenvalue weighted by atomic mass is 79.9. The quantitative estimate of drug-likeness (QED) is 0.614. The molecular formula is C6H5BrN2O3S. The number of hydrogen-bond donors (Lipinski definition) is 2. The van der Waals surface area contributed by atoms with Crippen molar-refractivity contribution >= 4 is 33.7 Å². The molecule has 0 aliphatic carbocycles. The molecule has 0 unspecified atom stereocenters. The molecule has 0 atom stereocenters. The summed E-state index contributed by atoms with van der Waals surface area (Å²) in [4.78, 5) is 27.8. The van der Waals surface area contributed by atoms with E-state index in [0.29, 0.717) is 0 Å². The summed E-state index contributed by atoms with van der Waals surface area (Å²) < 4.78 is -0.0576. The zero-order valence-electron chi connectivity index (χ0n) is 6.50. The molecular weight excluding hydrogens is 260 g/mol. The van der Waals surface area contributed by atoms with Gasteiger partial charge in [-0.25, -0.2) is 9.78 Å². The van der Waals surface area contributed by atoms with Crippen LogP contribution < -0.4 is 5.56 Å². The summed E-state index contributed by atoms with van der Waals surface area (Å²) in [5.41, 5.74) is -0.759. The van der Waals surface area contributed by atoms with Crippen LogP contribution in [0.1, 0.15) is 10.5 Å². The third-order valence-electron chi connectivity index (χ3n) is 1.24. The van der Waals surface area contributed by atoms with Crippen LogP contribution in [0.15, 0.2) is 14.4 Å². The minimum absolute atomic E-state index is 0.0576. The Labute approximate surface area is 85.7 Å². The van der Waals surface area contributed by atoms with Crippen LogP contribution in [0.5, 0.6) is 0 Å². The lowest BCUT2D eigenvalue weighted by Crippen LogP contribution is -2.16. The van der Waals surface area contributed by atoms with Gasteiger partial charge in [-0.15, -0.1) is 0 Å². The van der Waals surface area contributed by atoms with Crippen molar-refractivity contribution in [1.82, 2.24) is 9.97 Å². The summed E-state index contributed by atoms with van der Waals surface area (Å²) in [6.45, 7) is 0. The first-order valence-electron chi connectivity index (χ1n) is 3.13. The molecule has 0 aromatic carbocycles. The molecule has 0 bridgehead atoms. The Kier molecular flexibility index (Phi) is 3.10. The standard InChI is InChI=1S/C6H5BrN2O3S/c1-13-6-8-3(5(11)12)2(7)4(10)9-6/h1H3,(H,11,12)(H,8,9,10). The molecule has 1 aromatic heterocycles. The number of halogens is 1. The van der Waals surface area contributed by atoms with Gasteiger partial charge in [0.1, 0.15) is 4.47 Å². The molecule has 0 amide bonds. The summed E-state index contributed by atoms with van der Waals surface area (Å²) in [7, 11) is 0. The van der Waals surface area contributed by atoms with Crippen molar-refractivity contribution in [3.05, 3.63) is 20.5 Å². The maximum atomic E-state index is 11.1. The second kappa shape index (κ2) is 3.93. The van der Waals surface area contributed by atoms with Crippen molar-refractivity contribution in [2.75, 3.05) is 6.26 Å². The number of nitrogens with zero attached hydrogens (tertiary/aromatic N) is 1. The fraction of sp³-hybridized carbons (Fsp3) is 0.167. The molecule has 0 saturated heterocycles. The zero-order chi connectivity index (χ0) is 10.0. The van der Waals surface area contributed by atoms with Gasteiger partial charge in [0.25, 0.3) is 5.56 Å². The molecule has 0 aliphatic rings. The first-order chi connectivity index (χ1) is 6.06. The van der Waals surface area contributed by atoms with Crippen molar-refractivity contribution in [3.8, 4) is 0 Å². The summed E-state index contributed by atoms with van der Waals surface area (Å²) >= 11 is 4.02. The lowest BCUT2D eigenvalue weighted by atomic mass is 10.4. The van der Waals surface area contributed by atoms with Gasteiger partial charge in [-0.1, -0.05) is 11.8 Å². The average Bonchev–Trinajstić information content (AvgIpc) is 2.09. The van der Waals surface area contributed by atoms with Gasteiger partial charge in [-0.3, -0.25) is 4.79 Å². The van der Waals surface area contributed by atoms with Gasteiger partial charge < -0.3 is 10.1 Å². The van der Waals surface area contributed by atoms with Gasteiger partial charge in [0.2, 0.25) is 0 Å². The molecule has 0 fully saturated rings. The number of carboxylic acids is 1. The highest BCUT2D eigenvalue weighted by Gasteiger charge is 2.14. The van der Waals surface area contributed by atoms with Crippen molar-refractivity contribution < 1.29 is 9.90 Å². The molecule has 13 heavy (non-hydrogen) atoms. The van der Waals surface area contributed by atoms with E-state index in [9.17, 15) is 9.59 Å². The zero-order valence-corrected chi connectivity index (χ0v) is 8.90. The summed E-state index contributed by atoms with van der Waals surface area (Å²) in [6.07, 6.45) is 1.69. The maximum absolute atomic E-state index is 11.1. The van der Waals surface area contributed by atoms with E-state index in [1.54, 1.807) is 6.26 Å². The molecule has 7 heteroatoms. The summed E-state index contributed by atoms with van der Waals surface area (Å²) in [6, 6.07) is 0. The number of aromatic carboxylic acids is 1. The molecule has 5 nitrogen and oxygen atoms in total. The predicted octanol–water partition coefficient (Wildman–Crippen LogP) is 0.953. The normalized spacial score (nSPS) is 10.0. The van der Waals surface area contributed by atoms with Crippen molar-refractivity contribution in [1.29, 1.82) is 0 Å². The van der Waals surface area contributed by atoms with Crippen LogP contribution in [-0.4, -0.2) is 27.3 Å². The van der Waals surface area contributed by atoms with Gasteiger partial charge in [-0.05, 0) is 22.2 Å². The van der Waals surface area contributed by atoms with Gasteiger partial charge in [0.15, 0.2) is 10.9 Å². The van der Waals surface area contributed by atoms with Crippen LogP contribution in [0.2, 0.25) is 0 Å². The molecule has 70 valence electrons. The Balaban J connectivity index is 3.42. The molecule has 2 N–H and O–H groups in total. The highest BCUT2D eigenvalue weighted by Crippen LogP contribution is 2.12. The van der Waals surface area contributed by atoms with E-state index >= 15 is 0 Å². The minimum Gasteiger partial charge on any atom is -0.476 e. The number of nitrogens with one attached hydrogen (secondary N) is 1. The van der Waals surface area contributed by atoms with Crippen molar-refractivity contribution in [2.24, 2.45) is 0 Å². The molecule has 0 radical (unpaired) electrons. The van der Waals surface area contributed by atoms with Gasteiger partial charge >= 0.3 is 5.97 Å². The van der Waals surface area contributed by atoms with Gasteiger partial charge in [0, 0.05) is 0 Å². The maximum Gasteiger partial charge on any atom is 0.355 e. The number of thioether (sulfide) groups is 1. The number of carbonyl (C=O) groups is 1. The van der Waals surface area contributed by atoms with Crippen LogP contribution in [0.3, 0.4) is 0 Å². The van der Waals surface area contributed by atoms with E-state index in [1.165, 1.54) is 11.8 Å². The summed E-state index contributed by atoms with van der Waals surface area (Å²) in [5.74, 6) is -1.23. The number of hydrogen-bond acceptors (Lipinski definition) is 4. The fourth-order valence-electron chi connectivity index (χ4n) is 0.676. The molecule has 1 heterocycles. The van der Waals surface area contributed by atoms with Gasteiger partial charge in [0.05, 0.1) is 0 Å². The number of H-pyrrole nitrogens is 1. The van der Waals surface area contributed by atoms with Crippen LogP contribution in [0.4, 0.5) is 0 Å². The first-order valence-corrected chi connectivity index (χ1v) is 5.15. The average molecular weight is 265 g/mol. The topological polar surface area (TPSA) is 83.0 Å². The second-order valence-corrected chi connectivity index (χ2v) is 3.63. The van der Waals surface area contributed by atoms with E-state index in [0.717, 1.165) is 0 Å². The van der Waals surface area contributed by atoms with E-state index in [4.69, 9.17) is 5.11 Å². The summed E-state index contributed by atoms with van der Waals surface area (Å²) in [5, 5.41) is 8.94. The molecule has 1 aromatic rings. The Morgan fingerprint density at radius 3 is 2.77 bits per heavy atom. The molecule has 0 spiro atoms. The first kappa shape index (κ1) is 10.3. The third-order valence-corrected chi connectivity index (χ3v) is 2.55. The van der Waals surface area contributed by atoms with Crippen molar-refractivity contribution in [3.63, 3.8) is 0 Å². The second-order valence-electron chi connectivity index (χ2n) is 2.04. The number of aromatic amines is 1. The largest absolute Gasteiger partial charge is 0.476 e. The van der Waals surface area contributed by atoms with E-state index in [1.807, 2.05) is 0 Å². The van der Waals surface area contributed by atoms with Crippen LogP contribution in [0, 0.1) is 0 Å². The van der Waals surface area contributed by atoms with Crippen LogP contribution in [0.25, 0.3) is 0 Å². The van der Waals surface area contributed by atoms with E-state index < -0.39 is 11.5 Å². The van der Waals surface area contributed by atoms with E-state index in [2.05, 4.69) is 25.9 Å². The Morgan fingerprint density at radius 1 is 1.69 bits per heavy atom. The lowest BCUT2D eigenvalue weighted by molar-refractivity contribution is 0.0688. The van der Waals surface area contributed by atoms with Crippen molar-refractivity contribution in [2.45, 2.75) is 5.16 Å². The molecule has 1 rings (SSSR count). The van der Waals surface area contributed by atoms with Gasteiger partial charge in [-0.2, -0.15) is 0 Å². The molecule has 0 aliphatic heterocycles. The predicted molar refractivity (Wildman–Crippen MR) is 51.3 cm³/mol. The van der Waals surface area contributed by atoms with Crippen LogP contribution >= 0.6 is 27.7 Å². The Bertz CT molecular complexity index is 403. The lowest BCUT2D eigenvalue weighted by Gasteiger charge is -1.99. The third kappa shape index (κ3) is 2.10. The fourth-order valence-corrected chi connectivity index (χ4v) is 1.41. The van der Waals surface area contributed by atoms with E-state index in [-0.39, 0.29) is 15.3 Å². The SMILES string of the molecule is CSc1nc(C(=O)O)c(Br)c(=O)[nH]1. The minimum atomic E-state index is -1.23. The highest BCUT2D eigenvalue weighted by molar-refractivity contribution is 9.10. The number of carboxylic acid groups (broad SMARTS) is 1.